The molecule has 0 aliphatic rings. The van der Waals surface area contributed by atoms with Crippen molar-refractivity contribution in [1.82, 2.24) is 10.3 Å². The van der Waals surface area contributed by atoms with Gasteiger partial charge in [0.2, 0.25) is 0 Å². The molecule has 0 radical (unpaired) electrons. The zero-order valence-corrected chi connectivity index (χ0v) is 11.5. The Kier molecular flexibility index (Phi) is 4.65. The lowest BCUT2D eigenvalue weighted by Gasteiger charge is -2.12. The van der Waals surface area contributed by atoms with E-state index < -0.39 is 5.97 Å². The zero-order chi connectivity index (χ0) is 13.7. The highest BCUT2D eigenvalue weighted by molar-refractivity contribution is 7.12. The topological polar surface area (TPSA) is 62.2 Å². The van der Waals surface area contributed by atoms with Crippen LogP contribution in [-0.4, -0.2) is 16.1 Å². The maximum absolute atomic E-state index is 10.6. The van der Waals surface area contributed by atoms with Crippen LogP contribution in [0.3, 0.4) is 0 Å². The van der Waals surface area contributed by atoms with Crippen LogP contribution in [0.1, 0.15) is 28.3 Å². The van der Waals surface area contributed by atoms with Gasteiger partial charge in [0.25, 0.3) is 0 Å². The van der Waals surface area contributed by atoms with Crippen LogP contribution < -0.4 is 5.32 Å². The zero-order valence-electron chi connectivity index (χ0n) is 10.7. The maximum atomic E-state index is 10.6. The van der Waals surface area contributed by atoms with E-state index in [0.29, 0.717) is 0 Å². The number of pyridine rings is 1. The van der Waals surface area contributed by atoms with Gasteiger partial charge in [-0.25, -0.2) is 0 Å². The Labute approximate surface area is 116 Å². The Bertz CT molecular complexity index is 539. The Morgan fingerprint density at radius 3 is 2.89 bits per heavy atom. The third kappa shape index (κ3) is 4.15. The number of rotatable bonds is 6. The molecule has 2 N–H and O–H groups in total. The molecule has 0 amide bonds. The van der Waals surface area contributed by atoms with Crippen LogP contribution in [0, 0.1) is 0 Å². The molecule has 0 aliphatic carbocycles. The highest BCUT2D eigenvalue weighted by Gasteiger charge is 2.07. The van der Waals surface area contributed by atoms with Crippen LogP contribution in [0.25, 0.3) is 0 Å². The first-order chi connectivity index (χ1) is 9.15. The number of aromatic nitrogens is 1. The summed E-state index contributed by atoms with van der Waals surface area (Å²) in [5.74, 6) is -0.787. The van der Waals surface area contributed by atoms with Crippen molar-refractivity contribution < 1.29 is 9.90 Å². The van der Waals surface area contributed by atoms with Crippen LogP contribution in [0.4, 0.5) is 0 Å². The Morgan fingerprint density at radius 2 is 2.21 bits per heavy atom. The molecule has 100 valence electrons. The number of carbonyl (C=O) groups is 1. The van der Waals surface area contributed by atoms with Gasteiger partial charge in [-0.2, -0.15) is 0 Å². The lowest BCUT2D eigenvalue weighted by atomic mass is 10.1. The van der Waals surface area contributed by atoms with E-state index in [4.69, 9.17) is 5.11 Å². The molecule has 0 aromatic carbocycles. The third-order valence-electron chi connectivity index (χ3n) is 2.81. The SMILES string of the molecule is CC(NCc1ccc(CC(=O)O)s1)c1cccnc1. The minimum atomic E-state index is -0.787. The lowest BCUT2D eigenvalue weighted by Crippen LogP contribution is -2.17. The first-order valence-electron chi connectivity index (χ1n) is 6.08. The summed E-state index contributed by atoms with van der Waals surface area (Å²) >= 11 is 1.54. The van der Waals surface area contributed by atoms with Crippen LogP contribution in [0.15, 0.2) is 36.7 Å². The van der Waals surface area contributed by atoms with Crippen molar-refractivity contribution >= 4 is 17.3 Å². The molecular formula is C14H16N2O2S. The van der Waals surface area contributed by atoms with Crippen molar-refractivity contribution in [3.05, 3.63) is 52.0 Å². The van der Waals surface area contributed by atoms with Gasteiger partial charge in [0.1, 0.15) is 0 Å². The summed E-state index contributed by atoms with van der Waals surface area (Å²) in [4.78, 5) is 16.7. The van der Waals surface area contributed by atoms with Crippen molar-refractivity contribution in [3.8, 4) is 0 Å². The molecule has 0 bridgehead atoms. The van der Waals surface area contributed by atoms with E-state index in [0.717, 1.165) is 21.9 Å². The number of carboxylic acids is 1. The predicted molar refractivity (Wildman–Crippen MR) is 75.2 cm³/mol. The first kappa shape index (κ1) is 13.7. The summed E-state index contributed by atoms with van der Waals surface area (Å²) in [5.41, 5.74) is 1.14. The van der Waals surface area contributed by atoms with Gasteiger partial charge in [0, 0.05) is 34.7 Å². The fourth-order valence-corrected chi connectivity index (χ4v) is 2.73. The van der Waals surface area contributed by atoms with Crippen LogP contribution in [0.5, 0.6) is 0 Å². The molecule has 1 unspecified atom stereocenters. The second-order valence-electron chi connectivity index (χ2n) is 4.33. The number of hydrogen-bond acceptors (Lipinski definition) is 4. The summed E-state index contributed by atoms with van der Waals surface area (Å²) in [5, 5.41) is 12.1. The summed E-state index contributed by atoms with van der Waals surface area (Å²) in [7, 11) is 0. The molecule has 0 fully saturated rings. The predicted octanol–water partition coefficient (Wildman–Crippen LogP) is 2.62. The largest absolute Gasteiger partial charge is 0.481 e. The number of aliphatic carboxylic acids is 1. The van der Waals surface area contributed by atoms with Gasteiger partial charge in [-0.05, 0) is 30.7 Å². The van der Waals surface area contributed by atoms with E-state index in [1.807, 2.05) is 30.5 Å². The van der Waals surface area contributed by atoms with E-state index in [2.05, 4.69) is 17.2 Å². The van der Waals surface area contributed by atoms with Gasteiger partial charge in [0.05, 0.1) is 6.42 Å². The Balaban J connectivity index is 1.88. The molecule has 2 heterocycles. The molecule has 4 nitrogen and oxygen atoms in total. The van der Waals surface area contributed by atoms with E-state index in [9.17, 15) is 4.79 Å². The first-order valence-corrected chi connectivity index (χ1v) is 6.89. The number of nitrogens with zero attached hydrogens (tertiary/aromatic N) is 1. The van der Waals surface area contributed by atoms with E-state index in [-0.39, 0.29) is 12.5 Å². The molecule has 0 spiro atoms. The highest BCUT2D eigenvalue weighted by Crippen LogP contribution is 2.18. The minimum Gasteiger partial charge on any atom is -0.481 e. The smallest absolute Gasteiger partial charge is 0.308 e. The van der Waals surface area contributed by atoms with Gasteiger partial charge < -0.3 is 10.4 Å². The molecule has 0 saturated carbocycles. The van der Waals surface area contributed by atoms with E-state index in [1.165, 1.54) is 11.3 Å². The van der Waals surface area contributed by atoms with Gasteiger partial charge in [-0.15, -0.1) is 11.3 Å². The van der Waals surface area contributed by atoms with Gasteiger partial charge >= 0.3 is 5.97 Å². The second-order valence-corrected chi connectivity index (χ2v) is 5.58. The van der Waals surface area contributed by atoms with Crippen LogP contribution in [-0.2, 0) is 17.8 Å². The van der Waals surface area contributed by atoms with Gasteiger partial charge in [-0.1, -0.05) is 6.07 Å². The highest BCUT2D eigenvalue weighted by atomic mass is 32.1. The molecule has 2 aromatic rings. The lowest BCUT2D eigenvalue weighted by molar-refractivity contribution is -0.136. The molecule has 5 heteroatoms. The van der Waals surface area contributed by atoms with Crippen molar-refractivity contribution in [2.75, 3.05) is 0 Å². The Hall–Kier alpha value is -1.72. The maximum Gasteiger partial charge on any atom is 0.308 e. The summed E-state index contributed by atoms with van der Waals surface area (Å²) in [6.45, 7) is 2.82. The molecule has 1 atom stereocenters. The average Bonchev–Trinajstić information content (AvgIpc) is 2.84. The molecule has 19 heavy (non-hydrogen) atoms. The van der Waals surface area contributed by atoms with Gasteiger partial charge in [-0.3, -0.25) is 9.78 Å². The van der Waals surface area contributed by atoms with Crippen LogP contribution >= 0.6 is 11.3 Å². The monoisotopic (exact) mass is 276 g/mol. The van der Waals surface area contributed by atoms with Crippen molar-refractivity contribution in [3.63, 3.8) is 0 Å². The molecular weight excluding hydrogens is 260 g/mol. The van der Waals surface area contributed by atoms with Crippen molar-refractivity contribution in [2.24, 2.45) is 0 Å². The quantitative estimate of drug-likeness (QED) is 0.851. The Morgan fingerprint density at radius 1 is 1.42 bits per heavy atom. The van der Waals surface area contributed by atoms with Crippen molar-refractivity contribution in [1.29, 1.82) is 0 Å². The minimum absolute atomic E-state index is 0.100. The normalized spacial score (nSPS) is 12.3. The second kappa shape index (κ2) is 6.45. The van der Waals surface area contributed by atoms with E-state index in [1.54, 1.807) is 6.20 Å². The average molecular weight is 276 g/mol. The molecule has 0 aliphatic heterocycles. The van der Waals surface area contributed by atoms with Crippen molar-refractivity contribution in [2.45, 2.75) is 25.9 Å². The summed E-state index contributed by atoms with van der Waals surface area (Å²) < 4.78 is 0. The number of nitrogens with one attached hydrogen (secondary N) is 1. The number of hydrogen-bond donors (Lipinski definition) is 2. The summed E-state index contributed by atoms with van der Waals surface area (Å²) in [6.07, 6.45) is 3.71. The standard InChI is InChI=1S/C14H16N2O2S/c1-10(11-3-2-6-15-8-11)16-9-13-5-4-12(19-13)7-14(17)18/h2-6,8,10,16H,7,9H2,1H3,(H,17,18). The fraction of sp³-hybridized carbons (Fsp3) is 0.286. The fourth-order valence-electron chi connectivity index (χ4n) is 1.77. The number of carboxylic acid groups (broad SMARTS) is 1. The molecule has 2 rings (SSSR count). The van der Waals surface area contributed by atoms with Gasteiger partial charge in [0.15, 0.2) is 0 Å². The molecule has 2 aromatic heterocycles. The van der Waals surface area contributed by atoms with E-state index >= 15 is 0 Å². The number of thiophene rings is 1. The van der Waals surface area contributed by atoms with Crippen LogP contribution in [0.2, 0.25) is 0 Å². The third-order valence-corrected chi connectivity index (χ3v) is 3.89. The summed E-state index contributed by atoms with van der Waals surface area (Å²) in [6, 6.07) is 8.04. The molecule has 0 saturated heterocycles.